The lowest BCUT2D eigenvalue weighted by atomic mass is 9.95. The molecule has 1 saturated heterocycles. The van der Waals surface area contributed by atoms with Crippen LogP contribution in [0, 0.1) is 0 Å². The van der Waals surface area contributed by atoms with Gasteiger partial charge in [-0.1, -0.05) is 40.6 Å². The quantitative estimate of drug-likeness (QED) is 0.183. The molecule has 10 heteroatoms. The molecule has 5 rings (SSSR count). The topological polar surface area (TPSA) is 89.0 Å². The van der Waals surface area contributed by atoms with Crippen molar-refractivity contribution in [2.24, 2.45) is 0 Å². The number of amides is 1. The van der Waals surface area contributed by atoms with Gasteiger partial charge in [0.2, 0.25) is 0 Å². The number of aliphatic hydroxyl groups excluding tert-OH is 1. The molecule has 1 fully saturated rings. The van der Waals surface area contributed by atoms with E-state index in [9.17, 15) is 14.7 Å². The molecular formula is C26H18Cl2N2O5S. The van der Waals surface area contributed by atoms with Gasteiger partial charge in [0.05, 0.1) is 36.1 Å². The Balaban J connectivity index is 1.75. The summed E-state index contributed by atoms with van der Waals surface area (Å²) in [6.07, 6.45) is 0. The third-order valence-electron chi connectivity index (χ3n) is 5.83. The van der Waals surface area contributed by atoms with Crippen molar-refractivity contribution < 1.29 is 24.2 Å². The molecule has 3 aromatic carbocycles. The molecule has 1 aromatic heterocycles. The number of aromatic nitrogens is 1. The van der Waals surface area contributed by atoms with Crippen molar-refractivity contribution in [3.63, 3.8) is 0 Å². The number of hydrogen-bond donors (Lipinski definition) is 1. The summed E-state index contributed by atoms with van der Waals surface area (Å²) in [5, 5.41) is 12.5. The minimum Gasteiger partial charge on any atom is -0.507 e. The van der Waals surface area contributed by atoms with E-state index in [1.54, 1.807) is 60.7 Å². The third-order valence-corrected chi connectivity index (χ3v) is 7.34. The van der Waals surface area contributed by atoms with Crippen LogP contribution in [0.25, 0.3) is 16.0 Å². The van der Waals surface area contributed by atoms with Gasteiger partial charge in [-0.3, -0.25) is 14.5 Å². The first-order valence-electron chi connectivity index (χ1n) is 10.7. The molecule has 2 heterocycles. The van der Waals surface area contributed by atoms with E-state index in [-0.39, 0.29) is 11.3 Å². The van der Waals surface area contributed by atoms with Gasteiger partial charge in [0, 0.05) is 15.6 Å². The second-order valence-electron chi connectivity index (χ2n) is 7.90. The average Bonchev–Trinajstić information content (AvgIpc) is 3.41. The largest absolute Gasteiger partial charge is 0.507 e. The molecule has 0 spiro atoms. The first kappa shape index (κ1) is 24.1. The highest BCUT2D eigenvalue weighted by Crippen LogP contribution is 2.46. The summed E-state index contributed by atoms with van der Waals surface area (Å²) in [7, 11) is 3.00. The normalized spacial score (nSPS) is 17.1. The molecule has 182 valence electrons. The van der Waals surface area contributed by atoms with Crippen LogP contribution in [-0.4, -0.2) is 36.0 Å². The van der Waals surface area contributed by atoms with E-state index in [0.29, 0.717) is 43.3 Å². The highest BCUT2D eigenvalue weighted by Gasteiger charge is 2.48. The number of hydrogen-bond acceptors (Lipinski definition) is 7. The Kier molecular flexibility index (Phi) is 6.34. The second-order valence-corrected chi connectivity index (χ2v) is 9.78. The number of halogens is 2. The lowest BCUT2D eigenvalue weighted by Gasteiger charge is -2.23. The van der Waals surface area contributed by atoms with Crippen molar-refractivity contribution in [2.75, 3.05) is 19.1 Å². The van der Waals surface area contributed by atoms with Crippen LogP contribution < -0.4 is 14.4 Å². The van der Waals surface area contributed by atoms with Crippen molar-refractivity contribution >= 4 is 67.3 Å². The Morgan fingerprint density at radius 3 is 2.33 bits per heavy atom. The van der Waals surface area contributed by atoms with Crippen LogP contribution in [0.3, 0.4) is 0 Å². The lowest BCUT2D eigenvalue weighted by Crippen LogP contribution is -2.29. The van der Waals surface area contributed by atoms with E-state index < -0.39 is 17.7 Å². The molecule has 1 N–H and O–H groups in total. The number of carbonyl (C=O) groups is 2. The van der Waals surface area contributed by atoms with Crippen LogP contribution in [0.4, 0.5) is 5.13 Å². The molecule has 0 aliphatic carbocycles. The molecule has 36 heavy (non-hydrogen) atoms. The zero-order valence-electron chi connectivity index (χ0n) is 19.0. The van der Waals surface area contributed by atoms with Gasteiger partial charge in [-0.05, 0) is 60.2 Å². The number of rotatable bonds is 5. The molecule has 1 unspecified atom stereocenters. The smallest absolute Gasteiger partial charge is 0.301 e. The summed E-state index contributed by atoms with van der Waals surface area (Å²) in [6.45, 7) is 0. The number of nitrogens with zero attached hydrogens (tertiary/aromatic N) is 2. The van der Waals surface area contributed by atoms with Crippen LogP contribution in [0.2, 0.25) is 10.0 Å². The summed E-state index contributed by atoms with van der Waals surface area (Å²) in [6, 6.07) is 15.6. The number of anilines is 1. The Bertz CT molecular complexity index is 1550. The number of carbonyl (C=O) groups excluding carboxylic acids is 2. The predicted molar refractivity (Wildman–Crippen MR) is 140 cm³/mol. The maximum atomic E-state index is 13.4. The summed E-state index contributed by atoms with van der Waals surface area (Å²) in [4.78, 5) is 32.7. The molecule has 1 atom stereocenters. The molecular weight excluding hydrogens is 523 g/mol. The van der Waals surface area contributed by atoms with E-state index in [1.165, 1.54) is 30.5 Å². The molecule has 1 amide bonds. The van der Waals surface area contributed by atoms with E-state index in [0.717, 1.165) is 4.70 Å². The highest BCUT2D eigenvalue weighted by molar-refractivity contribution is 7.22. The molecule has 1 aliphatic heterocycles. The summed E-state index contributed by atoms with van der Waals surface area (Å²) >= 11 is 13.4. The Hall–Kier alpha value is -3.59. The van der Waals surface area contributed by atoms with Gasteiger partial charge >= 0.3 is 5.91 Å². The Labute approximate surface area is 220 Å². The predicted octanol–water partition coefficient (Wildman–Crippen LogP) is 6.25. The third kappa shape index (κ3) is 4.07. The SMILES string of the molecule is COc1ccc(C2/C(=C(\O)c3ccc(Cl)cc3)C(=O)C(=O)N2c2nc3ccc(Cl)cc3s2)cc1OC. The van der Waals surface area contributed by atoms with Gasteiger partial charge in [0.1, 0.15) is 5.76 Å². The maximum absolute atomic E-state index is 13.4. The van der Waals surface area contributed by atoms with Crippen molar-refractivity contribution in [3.05, 3.63) is 87.4 Å². The number of thiazole rings is 1. The van der Waals surface area contributed by atoms with E-state index >= 15 is 0 Å². The number of aliphatic hydroxyl groups is 1. The first-order valence-corrected chi connectivity index (χ1v) is 12.2. The number of ketones is 1. The number of Topliss-reactive ketones (excluding diaryl/α,β-unsaturated/α-hetero) is 1. The number of fused-ring (bicyclic) bond motifs is 1. The number of methoxy groups -OCH3 is 2. The summed E-state index contributed by atoms with van der Waals surface area (Å²) in [5.74, 6) is -1.08. The summed E-state index contributed by atoms with van der Waals surface area (Å²) < 4.78 is 11.5. The molecule has 0 saturated carbocycles. The van der Waals surface area contributed by atoms with Crippen molar-refractivity contribution in [3.8, 4) is 11.5 Å². The zero-order chi connectivity index (χ0) is 25.6. The first-order chi connectivity index (χ1) is 17.3. The highest BCUT2D eigenvalue weighted by atomic mass is 35.5. The van der Waals surface area contributed by atoms with Gasteiger partial charge in [-0.15, -0.1) is 0 Å². The molecule has 0 radical (unpaired) electrons. The van der Waals surface area contributed by atoms with Gasteiger partial charge in [0.15, 0.2) is 16.6 Å². The number of benzene rings is 3. The van der Waals surface area contributed by atoms with Crippen molar-refractivity contribution in [1.82, 2.24) is 4.98 Å². The maximum Gasteiger partial charge on any atom is 0.301 e. The fraction of sp³-hybridized carbons (Fsp3) is 0.115. The lowest BCUT2D eigenvalue weighted by molar-refractivity contribution is -0.132. The van der Waals surface area contributed by atoms with Crippen LogP contribution in [0.1, 0.15) is 17.2 Å². The van der Waals surface area contributed by atoms with Crippen LogP contribution in [-0.2, 0) is 9.59 Å². The van der Waals surface area contributed by atoms with Gasteiger partial charge < -0.3 is 14.6 Å². The Morgan fingerprint density at radius 1 is 0.944 bits per heavy atom. The molecule has 4 aromatic rings. The fourth-order valence-electron chi connectivity index (χ4n) is 4.12. The van der Waals surface area contributed by atoms with Gasteiger partial charge in [-0.2, -0.15) is 0 Å². The monoisotopic (exact) mass is 540 g/mol. The van der Waals surface area contributed by atoms with E-state index in [4.69, 9.17) is 32.7 Å². The van der Waals surface area contributed by atoms with E-state index in [1.807, 2.05) is 0 Å². The molecule has 0 bridgehead atoms. The Morgan fingerprint density at radius 2 is 1.64 bits per heavy atom. The standard InChI is InChI=1S/C26H18Cl2N2O5S/c1-34-18-10-5-14(11-19(18)35-2)22-21(23(31)13-3-6-15(27)7-4-13)24(32)25(33)30(22)26-29-17-9-8-16(28)12-20(17)36-26/h3-12,22,31H,1-2H3/b23-21+. The minimum atomic E-state index is -0.975. The summed E-state index contributed by atoms with van der Waals surface area (Å²) in [5.41, 5.74) is 1.43. The van der Waals surface area contributed by atoms with Gasteiger partial charge in [0.25, 0.3) is 5.78 Å². The second kappa shape index (κ2) is 9.46. The number of ether oxygens (including phenoxy) is 2. The minimum absolute atomic E-state index is 0.0770. The van der Waals surface area contributed by atoms with E-state index in [2.05, 4.69) is 4.98 Å². The van der Waals surface area contributed by atoms with Crippen molar-refractivity contribution in [1.29, 1.82) is 0 Å². The average molecular weight is 541 g/mol. The molecule has 7 nitrogen and oxygen atoms in total. The van der Waals surface area contributed by atoms with Gasteiger partial charge in [-0.25, -0.2) is 4.98 Å². The molecule has 1 aliphatic rings. The zero-order valence-corrected chi connectivity index (χ0v) is 21.3. The van der Waals surface area contributed by atoms with Crippen molar-refractivity contribution in [2.45, 2.75) is 6.04 Å². The van der Waals surface area contributed by atoms with Crippen LogP contribution >= 0.6 is 34.5 Å². The fourth-order valence-corrected chi connectivity index (χ4v) is 5.51. The van der Waals surface area contributed by atoms with Crippen LogP contribution in [0.15, 0.2) is 66.2 Å². The van der Waals surface area contributed by atoms with Crippen LogP contribution in [0.5, 0.6) is 11.5 Å².